The van der Waals surface area contributed by atoms with Crippen molar-refractivity contribution < 1.29 is 15.6 Å². The smallest absolute Gasteiger partial charge is 0.0837 e. The van der Waals surface area contributed by atoms with E-state index in [1.165, 1.54) is 0 Å². The van der Waals surface area contributed by atoms with Crippen LogP contribution >= 0.6 is 0 Å². The van der Waals surface area contributed by atoms with Gasteiger partial charge in [0.15, 0.2) is 0 Å². The molecule has 0 aliphatic rings. The predicted molar refractivity (Wildman–Crippen MR) is 68.4 cm³/mol. The van der Waals surface area contributed by atoms with Gasteiger partial charge in [0, 0.05) is 16.7 Å². The van der Waals surface area contributed by atoms with Gasteiger partial charge in [0.2, 0.25) is 0 Å². The summed E-state index contributed by atoms with van der Waals surface area (Å²) in [6, 6.07) is 5.16. The van der Waals surface area contributed by atoms with Gasteiger partial charge in [0.25, 0.3) is 0 Å². The molecule has 0 aliphatic carbocycles. The van der Waals surface area contributed by atoms with Crippen molar-refractivity contribution in [1.82, 2.24) is 0 Å². The van der Waals surface area contributed by atoms with Gasteiger partial charge in [-0.25, -0.2) is 0 Å². The van der Waals surface area contributed by atoms with Gasteiger partial charge in [0.05, 0.1) is 17.1 Å². The molecule has 0 aliphatic heterocycles. The van der Waals surface area contributed by atoms with E-state index in [2.05, 4.69) is 15.5 Å². The molecule has 1 aromatic carbocycles. The van der Waals surface area contributed by atoms with Crippen molar-refractivity contribution in [2.24, 2.45) is 15.5 Å². The molecule has 0 spiro atoms. The first kappa shape index (κ1) is 13.7. The number of oxime groups is 3. The fraction of sp³-hybridized carbons (Fsp3) is 0.250. The molecular formula is C12H15N3O3. The highest BCUT2D eigenvalue weighted by molar-refractivity contribution is 6.08. The highest BCUT2D eigenvalue weighted by atomic mass is 16.4. The first-order valence-corrected chi connectivity index (χ1v) is 5.25. The van der Waals surface area contributed by atoms with Crippen molar-refractivity contribution in [1.29, 1.82) is 0 Å². The summed E-state index contributed by atoms with van der Waals surface area (Å²) in [6.45, 7) is 4.92. The normalized spacial score (nSPS) is 13.8. The quantitative estimate of drug-likeness (QED) is 0.435. The Balaban J connectivity index is 3.48. The zero-order valence-electron chi connectivity index (χ0n) is 10.4. The third kappa shape index (κ3) is 2.85. The fourth-order valence-corrected chi connectivity index (χ4v) is 1.43. The van der Waals surface area contributed by atoms with Crippen LogP contribution in [0.2, 0.25) is 0 Å². The lowest BCUT2D eigenvalue weighted by molar-refractivity contribution is 0.319. The maximum atomic E-state index is 8.79. The van der Waals surface area contributed by atoms with Crippen molar-refractivity contribution in [3.8, 4) is 0 Å². The molecule has 1 aromatic rings. The van der Waals surface area contributed by atoms with Gasteiger partial charge in [-0.2, -0.15) is 0 Å². The van der Waals surface area contributed by atoms with Gasteiger partial charge >= 0.3 is 0 Å². The molecule has 0 amide bonds. The SMILES string of the molecule is C/C(=N\O)c1cc(/C(C)=N/O)cc(/C(C)=N/O)c1. The van der Waals surface area contributed by atoms with Crippen LogP contribution in [0.25, 0.3) is 0 Å². The van der Waals surface area contributed by atoms with Gasteiger partial charge in [-0.1, -0.05) is 15.5 Å². The molecule has 0 bridgehead atoms. The minimum Gasteiger partial charge on any atom is -0.411 e. The summed E-state index contributed by atoms with van der Waals surface area (Å²) in [7, 11) is 0. The summed E-state index contributed by atoms with van der Waals surface area (Å²) in [5, 5.41) is 35.7. The molecule has 0 saturated heterocycles. The van der Waals surface area contributed by atoms with E-state index in [1.807, 2.05) is 0 Å². The molecule has 0 unspecified atom stereocenters. The summed E-state index contributed by atoms with van der Waals surface area (Å²) in [5.74, 6) is 0. The Labute approximate surface area is 105 Å². The van der Waals surface area contributed by atoms with E-state index in [0.717, 1.165) is 0 Å². The van der Waals surface area contributed by atoms with Gasteiger partial charge in [-0.3, -0.25) is 0 Å². The van der Waals surface area contributed by atoms with Gasteiger partial charge in [-0.05, 0) is 39.0 Å². The Kier molecular flexibility index (Phi) is 4.42. The highest BCUT2D eigenvalue weighted by Gasteiger charge is 2.08. The lowest BCUT2D eigenvalue weighted by Gasteiger charge is -2.07. The standard InChI is InChI=1S/C12H15N3O3/c1-7(13-16)10-4-11(8(2)14-17)6-12(5-10)9(3)15-18/h4-6,16-18H,1-3H3/b13-7+,14-8+,15-9+. The van der Waals surface area contributed by atoms with Crippen LogP contribution < -0.4 is 0 Å². The predicted octanol–water partition coefficient (Wildman–Crippen LogP) is 2.28. The molecule has 6 heteroatoms. The molecule has 0 saturated carbocycles. The number of benzene rings is 1. The van der Waals surface area contributed by atoms with Crippen LogP contribution in [0, 0.1) is 0 Å². The molecule has 0 aromatic heterocycles. The maximum Gasteiger partial charge on any atom is 0.0837 e. The van der Waals surface area contributed by atoms with Crippen molar-refractivity contribution in [2.75, 3.05) is 0 Å². The van der Waals surface area contributed by atoms with E-state index >= 15 is 0 Å². The van der Waals surface area contributed by atoms with E-state index < -0.39 is 0 Å². The van der Waals surface area contributed by atoms with Crippen LogP contribution in [0.15, 0.2) is 33.7 Å². The first-order valence-electron chi connectivity index (χ1n) is 5.25. The molecule has 18 heavy (non-hydrogen) atoms. The molecule has 96 valence electrons. The van der Waals surface area contributed by atoms with E-state index in [-0.39, 0.29) is 0 Å². The average Bonchev–Trinajstić information content (AvgIpc) is 2.43. The monoisotopic (exact) mass is 249 g/mol. The Morgan fingerprint density at radius 3 is 1.06 bits per heavy atom. The van der Waals surface area contributed by atoms with E-state index in [1.54, 1.807) is 39.0 Å². The average molecular weight is 249 g/mol. The minimum absolute atomic E-state index is 0.412. The van der Waals surface area contributed by atoms with Crippen LogP contribution in [0.1, 0.15) is 37.5 Å². The number of hydrogen-bond donors (Lipinski definition) is 3. The molecule has 0 atom stereocenters. The molecular weight excluding hydrogens is 234 g/mol. The number of nitrogens with zero attached hydrogens (tertiary/aromatic N) is 3. The van der Waals surface area contributed by atoms with Gasteiger partial charge in [0.1, 0.15) is 0 Å². The molecule has 0 heterocycles. The van der Waals surface area contributed by atoms with E-state index in [9.17, 15) is 0 Å². The number of rotatable bonds is 3. The Hall–Kier alpha value is -2.37. The first-order chi connectivity index (χ1) is 8.53. The molecule has 3 N–H and O–H groups in total. The summed E-state index contributed by atoms with van der Waals surface area (Å²) < 4.78 is 0. The van der Waals surface area contributed by atoms with Crippen molar-refractivity contribution in [3.05, 3.63) is 34.9 Å². The highest BCUT2D eigenvalue weighted by Crippen LogP contribution is 2.14. The lowest BCUT2D eigenvalue weighted by atomic mass is 9.98. The topological polar surface area (TPSA) is 97.8 Å². The molecule has 1 rings (SSSR count). The zero-order chi connectivity index (χ0) is 13.7. The van der Waals surface area contributed by atoms with Crippen molar-refractivity contribution in [2.45, 2.75) is 20.8 Å². The second kappa shape index (κ2) is 5.81. The number of hydrogen-bond acceptors (Lipinski definition) is 6. The van der Waals surface area contributed by atoms with Gasteiger partial charge in [-0.15, -0.1) is 0 Å². The molecule has 0 radical (unpaired) electrons. The van der Waals surface area contributed by atoms with Crippen LogP contribution in [0.3, 0.4) is 0 Å². The van der Waals surface area contributed by atoms with Crippen molar-refractivity contribution >= 4 is 17.1 Å². The molecule has 0 fully saturated rings. The largest absolute Gasteiger partial charge is 0.411 e. The summed E-state index contributed by atoms with van der Waals surface area (Å²) in [5.41, 5.74) is 3.18. The summed E-state index contributed by atoms with van der Waals surface area (Å²) in [4.78, 5) is 0. The minimum atomic E-state index is 0.412. The third-order valence-corrected chi connectivity index (χ3v) is 2.64. The second-order valence-corrected chi connectivity index (χ2v) is 3.86. The van der Waals surface area contributed by atoms with Crippen LogP contribution in [-0.2, 0) is 0 Å². The Morgan fingerprint density at radius 1 is 0.667 bits per heavy atom. The second-order valence-electron chi connectivity index (χ2n) is 3.86. The summed E-state index contributed by atoms with van der Waals surface area (Å²) in [6.07, 6.45) is 0. The van der Waals surface area contributed by atoms with Gasteiger partial charge < -0.3 is 15.6 Å². The Morgan fingerprint density at radius 2 is 0.889 bits per heavy atom. The van der Waals surface area contributed by atoms with Crippen LogP contribution in [-0.4, -0.2) is 32.8 Å². The molecule has 6 nitrogen and oxygen atoms in total. The Bertz CT molecular complexity index is 445. The van der Waals surface area contributed by atoms with E-state index in [0.29, 0.717) is 33.8 Å². The van der Waals surface area contributed by atoms with Crippen LogP contribution in [0.4, 0.5) is 0 Å². The lowest BCUT2D eigenvalue weighted by Crippen LogP contribution is -2.05. The van der Waals surface area contributed by atoms with E-state index in [4.69, 9.17) is 15.6 Å². The van der Waals surface area contributed by atoms with Crippen molar-refractivity contribution in [3.63, 3.8) is 0 Å². The summed E-state index contributed by atoms with van der Waals surface area (Å²) >= 11 is 0. The third-order valence-electron chi connectivity index (χ3n) is 2.64. The van der Waals surface area contributed by atoms with Crippen LogP contribution in [0.5, 0.6) is 0 Å². The fourth-order valence-electron chi connectivity index (χ4n) is 1.43. The zero-order valence-corrected chi connectivity index (χ0v) is 10.4. The maximum absolute atomic E-state index is 8.79.